The highest BCUT2D eigenvalue weighted by atomic mass is 35.5. The first-order valence-electron chi connectivity index (χ1n) is 6.34. The summed E-state index contributed by atoms with van der Waals surface area (Å²) in [5, 5.41) is 11.3. The summed E-state index contributed by atoms with van der Waals surface area (Å²) < 4.78 is 0. The topological polar surface area (TPSA) is 72.4 Å². The molecule has 0 aliphatic carbocycles. The molecule has 0 saturated carbocycles. The molecule has 1 unspecified atom stereocenters. The van der Waals surface area contributed by atoms with Crippen molar-refractivity contribution in [1.82, 2.24) is 0 Å². The number of nitrogens with zero attached hydrogens (tertiary/aromatic N) is 2. The van der Waals surface area contributed by atoms with Gasteiger partial charge in [-0.1, -0.05) is 37.0 Å². The zero-order valence-electron chi connectivity index (χ0n) is 11.8. The Bertz CT molecular complexity index is 471. The van der Waals surface area contributed by atoms with Crippen LogP contribution >= 0.6 is 23.2 Å². The van der Waals surface area contributed by atoms with Crippen molar-refractivity contribution in [2.75, 3.05) is 18.5 Å². The summed E-state index contributed by atoms with van der Waals surface area (Å²) in [6.45, 7) is 4.81. The highest BCUT2D eigenvalue weighted by Crippen LogP contribution is 2.36. The third-order valence-corrected chi connectivity index (χ3v) is 3.82. The highest BCUT2D eigenvalue weighted by Gasteiger charge is 2.18. The van der Waals surface area contributed by atoms with Gasteiger partial charge >= 0.3 is 0 Å². The van der Waals surface area contributed by atoms with Crippen molar-refractivity contribution in [2.24, 2.45) is 11.7 Å². The highest BCUT2D eigenvalue weighted by molar-refractivity contribution is 6.39. The van der Waals surface area contributed by atoms with E-state index in [1.165, 1.54) is 12.1 Å². The van der Waals surface area contributed by atoms with Gasteiger partial charge in [-0.25, -0.2) is 0 Å². The molecule has 2 N–H and O–H groups in total. The van der Waals surface area contributed by atoms with Crippen LogP contribution in [0, 0.1) is 16.0 Å². The minimum absolute atomic E-state index is 0.0908. The van der Waals surface area contributed by atoms with Crippen LogP contribution in [0.1, 0.15) is 20.3 Å². The summed E-state index contributed by atoms with van der Waals surface area (Å²) in [5.74, 6) is 0.395. The predicted molar refractivity (Wildman–Crippen MR) is 83.8 cm³/mol. The van der Waals surface area contributed by atoms with Gasteiger partial charge in [-0.05, 0) is 12.3 Å². The average Bonchev–Trinajstić information content (AvgIpc) is 2.34. The standard InChI is InChI=1S/C13H19Cl2N3O2/c1-8(2)12(16)4-5-17(3)13-10(14)6-9(18(19)20)7-11(13)15/h6-8,12H,4-5,16H2,1-3H3. The van der Waals surface area contributed by atoms with E-state index in [-0.39, 0.29) is 21.8 Å². The molecule has 0 spiro atoms. The van der Waals surface area contributed by atoms with Gasteiger partial charge in [-0.3, -0.25) is 10.1 Å². The van der Waals surface area contributed by atoms with Crippen molar-refractivity contribution in [3.8, 4) is 0 Å². The lowest BCUT2D eigenvalue weighted by atomic mass is 10.0. The van der Waals surface area contributed by atoms with Crippen LogP contribution in [0.25, 0.3) is 0 Å². The minimum Gasteiger partial charge on any atom is -0.372 e. The number of nitrogens with two attached hydrogens (primary N) is 1. The summed E-state index contributed by atoms with van der Waals surface area (Å²) >= 11 is 12.2. The van der Waals surface area contributed by atoms with Crippen molar-refractivity contribution in [2.45, 2.75) is 26.3 Å². The molecular formula is C13H19Cl2N3O2. The van der Waals surface area contributed by atoms with E-state index in [4.69, 9.17) is 28.9 Å². The van der Waals surface area contributed by atoms with Gasteiger partial charge in [0.15, 0.2) is 0 Å². The molecule has 112 valence electrons. The maximum atomic E-state index is 10.7. The van der Waals surface area contributed by atoms with Crippen molar-refractivity contribution >= 4 is 34.6 Å². The van der Waals surface area contributed by atoms with E-state index in [1.54, 1.807) is 0 Å². The maximum Gasteiger partial charge on any atom is 0.272 e. The molecule has 0 radical (unpaired) electrons. The monoisotopic (exact) mass is 319 g/mol. The molecule has 1 aromatic rings. The average molecular weight is 320 g/mol. The second-order valence-electron chi connectivity index (χ2n) is 5.13. The van der Waals surface area contributed by atoms with E-state index >= 15 is 0 Å². The smallest absolute Gasteiger partial charge is 0.272 e. The van der Waals surface area contributed by atoms with E-state index < -0.39 is 4.92 Å². The molecule has 0 aliphatic heterocycles. The van der Waals surface area contributed by atoms with Gasteiger partial charge in [-0.15, -0.1) is 0 Å². The van der Waals surface area contributed by atoms with Crippen molar-refractivity contribution in [3.05, 3.63) is 32.3 Å². The lowest BCUT2D eigenvalue weighted by Gasteiger charge is -2.24. The van der Waals surface area contributed by atoms with Gasteiger partial charge in [0.1, 0.15) is 0 Å². The molecule has 5 nitrogen and oxygen atoms in total. The molecule has 1 aromatic carbocycles. The van der Waals surface area contributed by atoms with E-state index in [0.29, 0.717) is 18.2 Å². The molecule has 0 heterocycles. The maximum absolute atomic E-state index is 10.7. The van der Waals surface area contributed by atoms with E-state index in [0.717, 1.165) is 6.42 Å². The lowest BCUT2D eigenvalue weighted by Crippen LogP contribution is -2.32. The summed E-state index contributed by atoms with van der Waals surface area (Å²) in [6, 6.07) is 2.71. The molecule has 0 aromatic heterocycles. The van der Waals surface area contributed by atoms with Gasteiger partial charge in [0.25, 0.3) is 5.69 Å². The minimum atomic E-state index is -0.518. The number of hydrogen-bond donors (Lipinski definition) is 1. The number of benzene rings is 1. The molecular weight excluding hydrogens is 301 g/mol. The fourth-order valence-corrected chi connectivity index (χ4v) is 2.57. The van der Waals surface area contributed by atoms with Crippen molar-refractivity contribution in [3.63, 3.8) is 0 Å². The molecule has 0 amide bonds. The Balaban J connectivity index is 2.88. The van der Waals surface area contributed by atoms with E-state index in [2.05, 4.69) is 13.8 Å². The van der Waals surface area contributed by atoms with Crippen LogP contribution in [-0.2, 0) is 0 Å². The Kier molecular flexibility index (Phi) is 6.05. The molecule has 1 rings (SSSR count). The van der Waals surface area contributed by atoms with E-state index in [1.807, 2.05) is 11.9 Å². The number of nitro groups is 1. The lowest BCUT2D eigenvalue weighted by molar-refractivity contribution is -0.384. The summed E-state index contributed by atoms with van der Waals surface area (Å²) in [5.41, 5.74) is 6.48. The van der Waals surface area contributed by atoms with Gasteiger partial charge in [0.2, 0.25) is 0 Å². The van der Waals surface area contributed by atoms with Crippen LogP contribution in [0.5, 0.6) is 0 Å². The second kappa shape index (κ2) is 7.11. The van der Waals surface area contributed by atoms with Gasteiger partial charge < -0.3 is 10.6 Å². The number of non-ortho nitro benzene ring substituents is 1. The van der Waals surface area contributed by atoms with Gasteiger partial charge in [-0.2, -0.15) is 0 Å². The first-order chi connectivity index (χ1) is 9.23. The predicted octanol–water partition coefficient (Wildman–Crippen LogP) is 3.71. The fraction of sp³-hybridized carbons (Fsp3) is 0.538. The zero-order valence-corrected chi connectivity index (χ0v) is 13.3. The fourth-order valence-electron chi connectivity index (χ4n) is 1.81. The summed E-state index contributed by atoms with van der Waals surface area (Å²) in [7, 11) is 1.84. The first kappa shape index (κ1) is 17.0. The summed E-state index contributed by atoms with van der Waals surface area (Å²) in [6.07, 6.45) is 0.789. The Labute approximate surface area is 128 Å². The van der Waals surface area contributed by atoms with Crippen molar-refractivity contribution < 1.29 is 4.92 Å². The van der Waals surface area contributed by atoms with E-state index in [9.17, 15) is 10.1 Å². The van der Waals surface area contributed by atoms with Crippen LogP contribution in [0.4, 0.5) is 11.4 Å². The quantitative estimate of drug-likeness (QED) is 0.640. The molecule has 0 bridgehead atoms. The molecule has 0 fully saturated rings. The zero-order chi connectivity index (χ0) is 15.4. The SMILES string of the molecule is CC(C)C(N)CCN(C)c1c(Cl)cc([N+](=O)[O-])cc1Cl. The van der Waals surface area contributed by atoms with Crippen LogP contribution in [0.3, 0.4) is 0 Å². The number of anilines is 1. The van der Waals surface area contributed by atoms with Gasteiger partial charge in [0.05, 0.1) is 20.7 Å². The van der Waals surface area contributed by atoms with Gasteiger partial charge in [0, 0.05) is 31.8 Å². The Morgan fingerprint density at radius 3 is 2.25 bits per heavy atom. The van der Waals surface area contributed by atoms with Crippen LogP contribution < -0.4 is 10.6 Å². The number of hydrogen-bond acceptors (Lipinski definition) is 4. The molecule has 0 saturated heterocycles. The largest absolute Gasteiger partial charge is 0.372 e. The molecule has 0 aliphatic rings. The van der Waals surface area contributed by atoms with Crippen LogP contribution in [0.15, 0.2) is 12.1 Å². The molecule has 20 heavy (non-hydrogen) atoms. The molecule has 7 heteroatoms. The Hall–Kier alpha value is -1.04. The Morgan fingerprint density at radius 1 is 1.35 bits per heavy atom. The summed E-state index contributed by atoms with van der Waals surface area (Å²) in [4.78, 5) is 12.1. The second-order valence-corrected chi connectivity index (χ2v) is 5.95. The molecule has 1 atom stereocenters. The van der Waals surface area contributed by atoms with Crippen LogP contribution in [-0.4, -0.2) is 24.6 Å². The number of rotatable bonds is 6. The Morgan fingerprint density at radius 2 is 1.85 bits per heavy atom. The normalized spacial score (nSPS) is 12.6. The third kappa shape index (κ3) is 4.23. The first-order valence-corrected chi connectivity index (χ1v) is 7.09. The number of halogens is 2. The van der Waals surface area contributed by atoms with Crippen molar-refractivity contribution in [1.29, 1.82) is 0 Å². The third-order valence-electron chi connectivity index (χ3n) is 3.25. The number of nitro benzene ring substituents is 1. The van der Waals surface area contributed by atoms with Crippen LogP contribution in [0.2, 0.25) is 10.0 Å².